The summed E-state index contributed by atoms with van der Waals surface area (Å²) in [6.45, 7) is 4.78. The van der Waals surface area contributed by atoms with Gasteiger partial charge >= 0.3 is 0 Å². The summed E-state index contributed by atoms with van der Waals surface area (Å²) in [5.41, 5.74) is 14.2. The number of nitrogen functional groups attached to an aromatic ring is 2. The molecule has 148 valence electrons. The highest BCUT2D eigenvalue weighted by molar-refractivity contribution is 8.00. The summed E-state index contributed by atoms with van der Waals surface area (Å²) in [6.07, 6.45) is 0. The molecular formula is C20H21N7OS. The number of carbonyl (C=O) groups is 1. The first-order valence-corrected chi connectivity index (χ1v) is 10.1. The third-order valence-corrected chi connectivity index (χ3v) is 5.62. The van der Waals surface area contributed by atoms with Gasteiger partial charge in [0.2, 0.25) is 17.8 Å². The smallest absolute Gasteiger partial charge is 0.237 e. The van der Waals surface area contributed by atoms with Gasteiger partial charge in [0.1, 0.15) is 0 Å². The molecule has 4 rings (SSSR count). The van der Waals surface area contributed by atoms with Crippen LogP contribution in [0.4, 0.5) is 17.6 Å². The van der Waals surface area contributed by atoms with Gasteiger partial charge in [0, 0.05) is 34.0 Å². The van der Waals surface area contributed by atoms with E-state index in [4.69, 9.17) is 11.5 Å². The van der Waals surface area contributed by atoms with Gasteiger partial charge in [-0.25, -0.2) is 0 Å². The minimum absolute atomic E-state index is 0.0328. The molecule has 2 aromatic heterocycles. The Balaban J connectivity index is 1.58. The fourth-order valence-corrected chi connectivity index (χ4v) is 4.14. The second kappa shape index (κ2) is 7.59. The SMILES string of the molecule is CCn1c2ccccc2c2cc(NC(=O)C(C)Sc3nc(N)nc(N)n3)ccc21. The van der Waals surface area contributed by atoms with Crippen molar-refractivity contribution in [2.24, 2.45) is 0 Å². The van der Waals surface area contributed by atoms with Crippen molar-refractivity contribution in [1.82, 2.24) is 19.5 Å². The summed E-state index contributed by atoms with van der Waals surface area (Å²) in [5, 5.41) is 5.13. The van der Waals surface area contributed by atoms with E-state index in [-0.39, 0.29) is 17.8 Å². The normalized spacial score (nSPS) is 12.3. The Morgan fingerprint density at radius 2 is 1.76 bits per heavy atom. The number of para-hydroxylation sites is 1. The van der Waals surface area contributed by atoms with Crippen LogP contribution in [0.5, 0.6) is 0 Å². The van der Waals surface area contributed by atoms with Gasteiger partial charge in [0.05, 0.1) is 5.25 Å². The summed E-state index contributed by atoms with van der Waals surface area (Å²) < 4.78 is 2.27. The van der Waals surface area contributed by atoms with Crippen LogP contribution in [0.25, 0.3) is 21.8 Å². The van der Waals surface area contributed by atoms with Crippen LogP contribution in [0.1, 0.15) is 13.8 Å². The van der Waals surface area contributed by atoms with Gasteiger partial charge in [-0.3, -0.25) is 4.79 Å². The van der Waals surface area contributed by atoms with E-state index < -0.39 is 5.25 Å². The van der Waals surface area contributed by atoms with Gasteiger partial charge in [-0.15, -0.1) is 0 Å². The molecule has 0 fully saturated rings. The summed E-state index contributed by atoms with van der Waals surface area (Å²) in [6, 6.07) is 14.2. The lowest BCUT2D eigenvalue weighted by molar-refractivity contribution is -0.115. The van der Waals surface area contributed by atoms with E-state index in [1.807, 2.05) is 30.3 Å². The van der Waals surface area contributed by atoms with Gasteiger partial charge in [0.25, 0.3) is 0 Å². The van der Waals surface area contributed by atoms with Crippen molar-refractivity contribution in [2.45, 2.75) is 30.8 Å². The zero-order valence-corrected chi connectivity index (χ0v) is 16.9. The number of nitrogens with one attached hydrogen (secondary N) is 1. The largest absolute Gasteiger partial charge is 0.368 e. The van der Waals surface area contributed by atoms with Crippen LogP contribution in [0.15, 0.2) is 47.6 Å². The highest BCUT2D eigenvalue weighted by Crippen LogP contribution is 2.31. The molecule has 1 atom stereocenters. The molecule has 0 aliphatic rings. The molecule has 4 aromatic rings. The summed E-state index contributed by atoms with van der Waals surface area (Å²) >= 11 is 1.17. The van der Waals surface area contributed by atoms with E-state index in [0.717, 1.165) is 23.1 Å². The van der Waals surface area contributed by atoms with Gasteiger partial charge in [-0.1, -0.05) is 30.0 Å². The third-order valence-electron chi connectivity index (χ3n) is 4.66. The Kier molecular flexibility index (Phi) is 4.98. The monoisotopic (exact) mass is 407 g/mol. The van der Waals surface area contributed by atoms with Crippen molar-refractivity contribution in [1.29, 1.82) is 0 Å². The number of carbonyl (C=O) groups excluding carboxylic acids is 1. The van der Waals surface area contributed by atoms with Crippen molar-refractivity contribution in [3.05, 3.63) is 42.5 Å². The molecule has 9 heteroatoms. The maximum absolute atomic E-state index is 12.7. The lowest BCUT2D eigenvalue weighted by Gasteiger charge is -2.12. The Labute approximate surface area is 171 Å². The Bertz CT molecular complexity index is 1200. The molecule has 0 spiro atoms. The number of benzene rings is 2. The number of rotatable bonds is 5. The Morgan fingerprint density at radius 3 is 2.48 bits per heavy atom. The zero-order chi connectivity index (χ0) is 20.5. The fraction of sp³-hybridized carbons (Fsp3) is 0.200. The van der Waals surface area contributed by atoms with Gasteiger partial charge < -0.3 is 21.4 Å². The number of aromatic nitrogens is 4. The molecule has 0 saturated heterocycles. The third kappa shape index (κ3) is 3.68. The number of aryl methyl sites for hydroxylation is 1. The average Bonchev–Trinajstić information content (AvgIpc) is 3.00. The van der Waals surface area contributed by atoms with Gasteiger partial charge in [-0.2, -0.15) is 15.0 Å². The predicted molar refractivity (Wildman–Crippen MR) is 118 cm³/mol. The lowest BCUT2D eigenvalue weighted by Crippen LogP contribution is -2.22. The average molecular weight is 408 g/mol. The minimum Gasteiger partial charge on any atom is -0.368 e. The number of amides is 1. The molecule has 0 bridgehead atoms. The van der Waals surface area contributed by atoms with Crippen LogP contribution in [0.2, 0.25) is 0 Å². The van der Waals surface area contributed by atoms with Crippen molar-refractivity contribution >= 4 is 57.1 Å². The topological polar surface area (TPSA) is 125 Å². The second-order valence-corrected chi connectivity index (χ2v) is 7.89. The molecule has 2 heterocycles. The summed E-state index contributed by atoms with van der Waals surface area (Å²) in [7, 11) is 0. The Hall–Kier alpha value is -3.33. The standard InChI is InChI=1S/C20H21N7OS/c1-3-27-15-7-5-4-6-13(15)14-10-12(8-9-16(14)27)23-17(28)11(2)29-20-25-18(21)24-19(22)26-20/h4-11H,3H2,1-2H3,(H,23,28)(H4,21,22,24,25,26). The molecule has 0 aliphatic carbocycles. The van der Waals surface area contributed by atoms with E-state index in [1.54, 1.807) is 6.92 Å². The molecule has 5 N–H and O–H groups in total. The van der Waals surface area contributed by atoms with Crippen LogP contribution in [-0.4, -0.2) is 30.7 Å². The first-order valence-electron chi connectivity index (χ1n) is 9.21. The fourth-order valence-electron chi connectivity index (χ4n) is 3.37. The highest BCUT2D eigenvalue weighted by atomic mass is 32.2. The van der Waals surface area contributed by atoms with Crippen molar-refractivity contribution < 1.29 is 4.79 Å². The highest BCUT2D eigenvalue weighted by Gasteiger charge is 2.18. The molecule has 8 nitrogen and oxygen atoms in total. The minimum atomic E-state index is -0.441. The summed E-state index contributed by atoms with van der Waals surface area (Å²) in [5.74, 6) is -0.0955. The van der Waals surface area contributed by atoms with Crippen molar-refractivity contribution in [2.75, 3.05) is 16.8 Å². The molecule has 1 unspecified atom stereocenters. The number of anilines is 3. The van der Waals surface area contributed by atoms with E-state index in [2.05, 4.69) is 43.9 Å². The van der Waals surface area contributed by atoms with E-state index >= 15 is 0 Å². The van der Waals surface area contributed by atoms with Crippen LogP contribution in [-0.2, 0) is 11.3 Å². The van der Waals surface area contributed by atoms with Crippen molar-refractivity contribution in [3.8, 4) is 0 Å². The first-order chi connectivity index (χ1) is 14.0. The van der Waals surface area contributed by atoms with E-state index in [9.17, 15) is 4.79 Å². The van der Waals surface area contributed by atoms with E-state index in [1.165, 1.54) is 22.7 Å². The first kappa shape index (κ1) is 19.0. The van der Waals surface area contributed by atoms with Crippen LogP contribution in [0.3, 0.4) is 0 Å². The van der Waals surface area contributed by atoms with Gasteiger partial charge in [-0.05, 0) is 38.1 Å². The van der Waals surface area contributed by atoms with Gasteiger partial charge in [0.15, 0.2) is 5.16 Å². The predicted octanol–water partition coefficient (Wildman–Crippen LogP) is 3.28. The second-order valence-electron chi connectivity index (χ2n) is 6.58. The van der Waals surface area contributed by atoms with Crippen LogP contribution >= 0.6 is 11.8 Å². The Morgan fingerprint density at radius 1 is 1.07 bits per heavy atom. The molecule has 2 aromatic carbocycles. The number of hydrogen-bond donors (Lipinski definition) is 3. The summed E-state index contributed by atoms with van der Waals surface area (Å²) in [4.78, 5) is 24.4. The number of thioether (sulfide) groups is 1. The number of hydrogen-bond acceptors (Lipinski definition) is 7. The molecule has 0 saturated carbocycles. The molecule has 0 aliphatic heterocycles. The number of nitrogens with two attached hydrogens (primary N) is 2. The van der Waals surface area contributed by atoms with E-state index in [0.29, 0.717) is 5.16 Å². The van der Waals surface area contributed by atoms with Crippen LogP contribution in [0, 0.1) is 0 Å². The maximum Gasteiger partial charge on any atom is 0.237 e. The number of fused-ring (bicyclic) bond motifs is 3. The van der Waals surface area contributed by atoms with Crippen LogP contribution < -0.4 is 16.8 Å². The zero-order valence-electron chi connectivity index (χ0n) is 16.1. The molecule has 0 radical (unpaired) electrons. The number of nitrogens with zero attached hydrogens (tertiary/aromatic N) is 4. The quantitative estimate of drug-likeness (QED) is 0.434. The molecule has 1 amide bonds. The van der Waals surface area contributed by atoms with Crippen molar-refractivity contribution in [3.63, 3.8) is 0 Å². The maximum atomic E-state index is 12.7. The molecule has 29 heavy (non-hydrogen) atoms. The lowest BCUT2D eigenvalue weighted by atomic mass is 10.1. The molecular weight excluding hydrogens is 386 g/mol.